The molecule has 0 fully saturated rings. The summed E-state index contributed by atoms with van der Waals surface area (Å²) in [6.07, 6.45) is -4.91. The van der Waals surface area contributed by atoms with Gasteiger partial charge in [0.05, 0.1) is 11.9 Å². The number of alkyl halides is 3. The Morgan fingerprint density at radius 2 is 1.58 bits per heavy atom. The Morgan fingerprint density at radius 1 is 1.08 bits per heavy atom. The molecule has 24 heavy (non-hydrogen) atoms. The average molecular weight is 376 g/mol. The molecular weight excluding hydrogens is 371 g/mol. The maximum atomic E-state index is 13.9. The third-order valence-electron chi connectivity index (χ3n) is 2.92. The Balaban J connectivity index is 2.89. The highest BCUT2D eigenvalue weighted by molar-refractivity contribution is 6.32. The van der Waals surface area contributed by atoms with Crippen molar-refractivity contribution in [2.45, 2.75) is 6.18 Å². The van der Waals surface area contributed by atoms with Crippen molar-refractivity contribution < 1.29 is 30.7 Å². The summed E-state index contributed by atoms with van der Waals surface area (Å²) < 4.78 is 92.3. The Labute approximate surface area is 133 Å². The number of nitrogens with one attached hydrogen (secondary N) is 1. The predicted molar refractivity (Wildman–Crippen MR) is 69.2 cm³/mol. The maximum absolute atomic E-state index is 13.9. The lowest BCUT2D eigenvalue weighted by Gasteiger charge is -2.15. The Bertz CT molecular complexity index is 849. The maximum Gasteiger partial charge on any atom is 0.422 e. The smallest absolute Gasteiger partial charge is 0.385 e. The Morgan fingerprint density at radius 3 is 2.00 bits per heavy atom. The molecule has 0 amide bonds. The summed E-state index contributed by atoms with van der Waals surface area (Å²) in [4.78, 5) is 11.9. The molecule has 1 heterocycles. The fraction of sp³-hybridized carbons (Fsp3) is 0.167. The second-order valence-corrected chi connectivity index (χ2v) is 4.69. The molecule has 2 rings (SSSR count). The first-order valence-corrected chi connectivity index (χ1v) is 6.29. The molecule has 0 atom stereocenters. The van der Waals surface area contributed by atoms with E-state index in [1.54, 1.807) is 0 Å². The van der Waals surface area contributed by atoms with E-state index in [1.165, 1.54) is 7.05 Å². The monoisotopic (exact) mass is 375 g/mol. The van der Waals surface area contributed by atoms with Crippen LogP contribution in [0.1, 0.15) is 5.56 Å². The number of aromatic nitrogens is 2. The molecule has 0 saturated heterocycles. The van der Waals surface area contributed by atoms with Gasteiger partial charge in [0, 0.05) is 7.05 Å². The number of nitrogens with zero attached hydrogens (tertiary/aromatic N) is 2. The molecule has 0 saturated carbocycles. The summed E-state index contributed by atoms with van der Waals surface area (Å²) in [5, 5.41) is 5.00. The van der Waals surface area contributed by atoms with E-state index in [-0.39, 0.29) is 10.4 Å². The molecule has 0 aliphatic heterocycles. The van der Waals surface area contributed by atoms with Crippen molar-refractivity contribution in [1.29, 1.82) is 0 Å². The number of hydrogen-bond donors (Lipinski definition) is 1. The summed E-state index contributed by atoms with van der Waals surface area (Å²) in [5.41, 5.74) is -5.99. The van der Waals surface area contributed by atoms with Gasteiger partial charge in [-0.1, -0.05) is 11.6 Å². The van der Waals surface area contributed by atoms with E-state index >= 15 is 0 Å². The molecule has 0 bridgehead atoms. The van der Waals surface area contributed by atoms with Crippen LogP contribution in [0.25, 0.3) is 5.69 Å². The zero-order chi connectivity index (χ0) is 18.4. The first-order valence-electron chi connectivity index (χ1n) is 5.91. The fourth-order valence-electron chi connectivity index (χ4n) is 1.82. The van der Waals surface area contributed by atoms with E-state index in [2.05, 4.69) is 10.4 Å². The molecule has 1 aromatic heterocycles. The molecule has 0 spiro atoms. The highest BCUT2D eigenvalue weighted by Gasteiger charge is 2.43. The lowest BCUT2D eigenvalue weighted by atomic mass is 10.1. The molecule has 0 unspecified atom stereocenters. The molecule has 2 aromatic rings. The van der Waals surface area contributed by atoms with Gasteiger partial charge in [0.25, 0.3) is 5.56 Å². The summed E-state index contributed by atoms with van der Waals surface area (Å²) in [6, 6.07) is 0. The molecule has 130 valence electrons. The Hall–Kier alpha value is -2.30. The fourth-order valence-corrected chi connectivity index (χ4v) is 2.04. The van der Waals surface area contributed by atoms with Crippen molar-refractivity contribution in [1.82, 2.24) is 9.78 Å². The summed E-state index contributed by atoms with van der Waals surface area (Å²) >= 11 is 5.59. The quantitative estimate of drug-likeness (QED) is 0.645. The van der Waals surface area contributed by atoms with Crippen molar-refractivity contribution >= 4 is 17.3 Å². The van der Waals surface area contributed by atoms with Crippen LogP contribution < -0.4 is 10.9 Å². The van der Waals surface area contributed by atoms with Gasteiger partial charge in [-0.3, -0.25) is 4.79 Å². The van der Waals surface area contributed by atoms with Crippen LogP contribution in [0.15, 0.2) is 11.0 Å². The molecule has 12 heteroatoms. The van der Waals surface area contributed by atoms with Gasteiger partial charge in [-0.25, -0.2) is 17.6 Å². The normalized spacial score (nSPS) is 11.7. The van der Waals surface area contributed by atoms with Gasteiger partial charge in [-0.05, 0) is 0 Å². The molecule has 1 aromatic carbocycles. The molecule has 1 N–H and O–H groups in total. The van der Waals surface area contributed by atoms with Crippen LogP contribution >= 0.6 is 11.6 Å². The van der Waals surface area contributed by atoms with Gasteiger partial charge < -0.3 is 5.32 Å². The number of benzene rings is 1. The van der Waals surface area contributed by atoms with E-state index in [9.17, 15) is 35.5 Å². The minimum atomic E-state index is -5.69. The van der Waals surface area contributed by atoms with Gasteiger partial charge in [0.2, 0.25) is 0 Å². The number of anilines is 1. The minimum Gasteiger partial charge on any atom is -0.385 e. The van der Waals surface area contributed by atoms with Gasteiger partial charge in [-0.15, -0.1) is 0 Å². The van der Waals surface area contributed by atoms with E-state index in [0.29, 0.717) is 0 Å². The van der Waals surface area contributed by atoms with E-state index in [1.807, 2.05) is 0 Å². The molecule has 0 radical (unpaired) electrons. The van der Waals surface area contributed by atoms with Crippen molar-refractivity contribution in [3.8, 4) is 5.69 Å². The topological polar surface area (TPSA) is 46.9 Å². The zero-order valence-electron chi connectivity index (χ0n) is 11.4. The number of hydrogen-bond acceptors (Lipinski definition) is 3. The lowest BCUT2D eigenvalue weighted by Crippen LogP contribution is -2.26. The minimum absolute atomic E-state index is 0.0772. The van der Waals surface area contributed by atoms with Crippen LogP contribution in [0.4, 0.5) is 36.4 Å². The second-order valence-electron chi connectivity index (χ2n) is 4.32. The standard InChI is InChI=1S/C12H5ClF7N3O/c1-21-3-2-22-23(11(24)5(3)13)10-8(16)6(14)4(12(18,19)20)7(15)9(10)17/h2,21H,1H3. The van der Waals surface area contributed by atoms with Crippen LogP contribution in [0.5, 0.6) is 0 Å². The van der Waals surface area contributed by atoms with Crippen LogP contribution in [0.3, 0.4) is 0 Å². The van der Waals surface area contributed by atoms with Gasteiger partial charge in [0.15, 0.2) is 23.3 Å². The number of rotatable bonds is 2. The van der Waals surface area contributed by atoms with E-state index < -0.39 is 51.3 Å². The van der Waals surface area contributed by atoms with Crippen LogP contribution in [-0.2, 0) is 6.18 Å². The molecule has 0 aliphatic carbocycles. The summed E-state index contributed by atoms with van der Waals surface area (Å²) in [7, 11) is 1.32. The third kappa shape index (κ3) is 2.68. The van der Waals surface area contributed by atoms with Crippen molar-refractivity contribution in [2.24, 2.45) is 0 Å². The average Bonchev–Trinajstić information content (AvgIpc) is 2.48. The second kappa shape index (κ2) is 5.96. The zero-order valence-corrected chi connectivity index (χ0v) is 12.2. The predicted octanol–water partition coefficient (Wildman–Crippen LogP) is 3.50. The highest BCUT2D eigenvalue weighted by atomic mass is 35.5. The first kappa shape index (κ1) is 18.0. The van der Waals surface area contributed by atoms with E-state index in [4.69, 9.17) is 11.6 Å². The SMILES string of the molecule is CNc1cnn(-c2c(F)c(F)c(C(F)(F)F)c(F)c2F)c(=O)c1Cl. The Kier molecular flexibility index (Phi) is 4.48. The largest absolute Gasteiger partial charge is 0.422 e. The van der Waals surface area contributed by atoms with Gasteiger partial charge in [0.1, 0.15) is 16.3 Å². The molecule has 4 nitrogen and oxygen atoms in total. The molecule has 0 aliphatic rings. The van der Waals surface area contributed by atoms with Crippen LogP contribution in [-0.4, -0.2) is 16.8 Å². The van der Waals surface area contributed by atoms with Gasteiger partial charge in [-0.2, -0.15) is 23.0 Å². The van der Waals surface area contributed by atoms with Crippen molar-refractivity contribution in [3.05, 3.63) is 50.4 Å². The number of halogens is 8. The summed E-state index contributed by atoms with van der Waals surface area (Å²) in [5.74, 6) is -10.3. The van der Waals surface area contributed by atoms with Gasteiger partial charge >= 0.3 is 6.18 Å². The lowest BCUT2D eigenvalue weighted by molar-refractivity contribution is -0.143. The first-order chi connectivity index (χ1) is 11.0. The third-order valence-corrected chi connectivity index (χ3v) is 3.29. The van der Waals surface area contributed by atoms with Crippen molar-refractivity contribution in [3.63, 3.8) is 0 Å². The van der Waals surface area contributed by atoms with Crippen molar-refractivity contribution in [2.75, 3.05) is 12.4 Å². The molecular formula is C12H5ClF7N3O. The van der Waals surface area contributed by atoms with Crippen LogP contribution in [0, 0.1) is 23.3 Å². The van der Waals surface area contributed by atoms with Crippen LogP contribution in [0.2, 0.25) is 5.02 Å². The highest BCUT2D eigenvalue weighted by Crippen LogP contribution is 2.37. The van der Waals surface area contributed by atoms with E-state index in [0.717, 1.165) is 6.20 Å². The summed E-state index contributed by atoms with van der Waals surface area (Å²) in [6.45, 7) is 0.